The fraction of sp³-hybridized carbons (Fsp3) is 0.143. The Balaban J connectivity index is 1.91. The molecule has 168 valence electrons. The van der Waals surface area contributed by atoms with Crippen LogP contribution in [0, 0.1) is 27.7 Å². The highest BCUT2D eigenvalue weighted by Crippen LogP contribution is 2.48. The molecule has 0 aliphatic carbocycles. The lowest BCUT2D eigenvalue weighted by atomic mass is 10.1. The molecule has 33 heavy (non-hydrogen) atoms. The number of hydrogen-bond acceptors (Lipinski definition) is 5. The molecule has 0 aliphatic heterocycles. The van der Waals surface area contributed by atoms with E-state index in [9.17, 15) is 15.3 Å². The highest BCUT2D eigenvalue weighted by molar-refractivity contribution is 5.85. The normalized spacial score (nSPS) is 10.8. The summed E-state index contributed by atoms with van der Waals surface area (Å²) in [4.78, 5) is 1.77. The highest BCUT2D eigenvalue weighted by atomic mass is 16.5. The Morgan fingerprint density at radius 2 is 1.12 bits per heavy atom. The number of aryl methyl sites for hydroxylation is 4. The van der Waals surface area contributed by atoms with E-state index >= 15 is 0 Å². The number of para-hydroxylation sites is 2. The first-order valence-corrected chi connectivity index (χ1v) is 10.7. The van der Waals surface area contributed by atoms with Crippen LogP contribution in [0.1, 0.15) is 22.3 Å². The van der Waals surface area contributed by atoms with E-state index in [-0.39, 0.29) is 17.2 Å². The Kier molecular flexibility index (Phi) is 5.88. The summed E-state index contributed by atoms with van der Waals surface area (Å²) in [6.07, 6.45) is 0. The lowest BCUT2D eigenvalue weighted by Crippen LogP contribution is -2.12. The monoisotopic (exact) mass is 441 g/mol. The fourth-order valence-electron chi connectivity index (χ4n) is 3.81. The van der Waals surface area contributed by atoms with Crippen molar-refractivity contribution < 1.29 is 20.1 Å². The van der Waals surface area contributed by atoms with Gasteiger partial charge in [-0.15, -0.1) is 0 Å². The maximum atomic E-state index is 10.8. The van der Waals surface area contributed by atoms with E-state index < -0.39 is 0 Å². The van der Waals surface area contributed by atoms with Gasteiger partial charge in [-0.2, -0.15) is 0 Å². The van der Waals surface area contributed by atoms with Gasteiger partial charge in [0, 0.05) is 6.07 Å². The van der Waals surface area contributed by atoms with E-state index in [0.717, 1.165) is 22.3 Å². The average molecular weight is 442 g/mol. The predicted molar refractivity (Wildman–Crippen MR) is 132 cm³/mol. The zero-order valence-corrected chi connectivity index (χ0v) is 19.1. The van der Waals surface area contributed by atoms with Crippen LogP contribution in [0.15, 0.2) is 72.8 Å². The van der Waals surface area contributed by atoms with Gasteiger partial charge in [0.2, 0.25) is 0 Å². The van der Waals surface area contributed by atoms with Crippen molar-refractivity contribution in [1.29, 1.82) is 0 Å². The number of phenols is 3. The van der Waals surface area contributed by atoms with Crippen LogP contribution in [0.5, 0.6) is 28.7 Å². The van der Waals surface area contributed by atoms with E-state index in [2.05, 4.69) is 0 Å². The zero-order valence-electron chi connectivity index (χ0n) is 19.1. The molecule has 5 nitrogen and oxygen atoms in total. The SMILES string of the molecule is Cc1ccc(N(c2ccc(C)cc2O)c2ccccc2Oc2cc(O)c(C)cc2C)c(O)c1. The summed E-state index contributed by atoms with van der Waals surface area (Å²) in [5.74, 6) is 1.33. The Labute approximate surface area is 193 Å². The number of rotatable bonds is 5. The lowest BCUT2D eigenvalue weighted by Gasteiger charge is -2.28. The summed E-state index contributed by atoms with van der Waals surface area (Å²) in [5.41, 5.74) is 5.10. The first-order chi connectivity index (χ1) is 15.7. The third-order valence-corrected chi connectivity index (χ3v) is 5.56. The third kappa shape index (κ3) is 4.44. The molecular weight excluding hydrogens is 414 g/mol. The van der Waals surface area contributed by atoms with Crippen molar-refractivity contribution in [1.82, 2.24) is 0 Å². The second-order valence-corrected chi connectivity index (χ2v) is 8.29. The maximum Gasteiger partial charge on any atom is 0.151 e. The van der Waals surface area contributed by atoms with Crippen molar-refractivity contribution in [2.24, 2.45) is 0 Å². The summed E-state index contributed by atoms with van der Waals surface area (Å²) < 4.78 is 6.26. The van der Waals surface area contributed by atoms with Gasteiger partial charge in [0.15, 0.2) is 5.75 Å². The molecule has 5 heteroatoms. The van der Waals surface area contributed by atoms with Gasteiger partial charge in [0.25, 0.3) is 0 Å². The number of ether oxygens (including phenoxy) is 1. The minimum Gasteiger partial charge on any atom is -0.508 e. The highest BCUT2D eigenvalue weighted by Gasteiger charge is 2.23. The molecule has 4 rings (SSSR count). The Morgan fingerprint density at radius 3 is 1.70 bits per heavy atom. The van der Waals surface area contributed by atoms with Crippen LogP contribution in [0.2, 0.25) is 0 Å². The standard InChI is InChI=1S/C28H27NO4/c1-17-9-11-21(25(31)13-17)29(22-12-10-18(2)14-26(22)32)23-7-5-6-8-27(23)33-28-16-24(30)19(3)15-20(28)4/h5-16,30-32H,1-4H3. The van der Waals surface area contributed by atoms with Crippen LogP contribution < -0.4 is 9.64 Å². The Bertz CT molecular complexity index is 1280. The topological polar surface area (TPSA) is 73.2 Å². The molecule has 0 atom stereocenters. The van der Waals surface area contributed by atoms with Gasteiger partial charge in [0.1, 0.15) is 23.0 Å². The largest absolute Gasteiger partial charge is 0.508 e. The second-order valence-electron chi connectivity index (χ2n) is 8.29. The summed E-state index contributed by atoms with van der Waals surface area (Å²) in [6, 6.07) is 21.6. The summed E-state index contributed by atoms with van der Waals surface area (Å²) in [6.45, 7) is 7.56. The van der Waals surface area contributed by atoms with Gasteiger partial charge in [-0.05, 0) is 92.4 Å². The molecule has 0 bridgehead atoms. The van der Waals surface area contributed by atoms with Crippen molar-refractivity contribution in [3.05, 3.63) is 95.1 Å². The molecular formula is C28H27NO4. The molecule has 0 saturated carbocycles. The van der Waals surface area contributed by atoms with E-state index in [1.165, 1.54) is 0 Å². The number of phenolic OH excluding ortho intramolecular Hbond substituents is 3. The van der Waals surface area contributed by atoms with Gasteiger partial charge >= 0.3 is 0 Å². The van der Waals surface area contributed by atoms with Gasteiger partial charge in [-0.1, -0.05) is 24.3 Å². The third-order valence-electron chi connectivity index (χ3n) is 5.56. The van der Waals surface area contributed by atoms with Crippen LogP contribution in [-0.4, -0.2) is 15.3 Å². The zero-order chi connectivity index (χ0) is 23.7. The van der Waals surface area contributed by atoms with Gasteiger partial charge in [0.05, 0.1) is 17.1 Å². The van der Waals surface area contributed by atoms with Crippen molar-refractivity contribution in [2.75, 3.05) is 4.90 Å². The van der Waals surface area contributed by atoms with E-state index in [4.69, 9.17) is 4.74 Å². The van der Waals surface area contributed by atoms with Crippen LogP contribution in [-0.2, 0) is 0 Å². The Morgan fingerprint density at radius 1 is 0.545 bits per heavy atom. The molecule has 0 aliphatic rings. The first-order valence-electron chi connectivity index (χ1n) is 10.7. The molecule has 0 unspecified atom stereocenters. The quantitative estimate of drug-likeness (QED) is 0.303. The fourth-order valence-corrected chi connectivity index (χ4v) is 3.81. The summed E-state index contributed by atoms with van der Waals surface area (Å²) in [7, 11) is 0. The predicted octanol–water partition coefficient (Wildman–Crippen LogP) is 7.30. The molecule has 0 spiro atoms. The van der Waals surface area contributed by atoms with Gasteiger partial charge < -0.3 is 20.1 Å². The lowest BCUT2D eigenvalue weighted by molar-refractivity contribution is 0.450. The minimum atomic E-state index is 0.0777. The summed E-state index contributed by atoms with van der Waals surface area (Å²) in [5, 5.41) is 31.9. The maximum absolute atomic E-state index is 10.8. The molecule has 4 aromatic carbocycles. The van der Waals surface area contributed by atoms with Crippen LogP contribution in [0.3, 0.4) is 0 Å². The summed E-state index contributed by atoms with van der Waals surface area (Å²) >= 11 is 0. The molecule has 0 fully saturated rings. The molecule has 0 radical (unpaired) electrons. The first kappa shape index (κ1) is 22.1. The molecule has 3 N–H and O–H groups in total. The molecule has 0 amide bonds. The molecule has 4 aromatic rings. The Hall–Kier alpha value is -4.12. The number of nitrogens with zero attached hydrogens (tertiary/aromatic N) is 1. The van der Waals surface area contributed by atoms with Gasteiger partial charge in [-0.3, -0.25) is 4.90 Å². The van der Waals surface area contributed by atoms with E-state index in [1.807, 2.05) is 82.3 Å². The van der Waals surface area contributed by atoms with Crippen LogP contribution in [0.25, 0.3) is 0 Å². The number of anilines is 3. The van der Waals surface area contributed by atoms with Crippen LogP contribution in [0.4, 0.5) is 17.1 Å². The number of benzene rings is 4. The second kappa shape index (κ2) is 8.79. The van der Waals surface area contributed by atoms with E-state index in [1.54, 1.807) is 23.1 Å². The van der Waals surface area contributed by atoms with Crippen molar-refractivity contribution >= 4 is 17.1 Å². The average Bonchev–Trinajstić information content (AvgIpc) is 2.76. The minimum absolute atomic E-state index is 0.0777. The van der Waals surface area contributed by atoms with Crippen LogP contribution >= 0.6 is 0 Å². The molecule has 0 aromatic heterocycles. The van der Waals surface area contributed by atoms with Gasteiger partial charge in [-0.25, -0.2) is 0 Å². The molecule has 0 saturated heterocycles. The number of aromatic hydroxyl groups is 3. The van der Waals surface area contributed by atoms with Crippen molar-refractivity contribution in [3.8, 4) is 28.7 Å². The van der Waals surface area contributed by atoms with Crippen molar-refractivity contribution in [2.45, 2.75) is 27.7 Å². The number of hydrogen-bond donors (Lipinski definition) is 3. The van der Waals surface area contributed by atoms with E-state index in [0.29, 0.717) is 28.6 Å². The smallest absolute Gasteiger partial charge is 0.151 e. The molecule has 0 heterocycles. The van der Waals surface area contributed by atoms with Crippen molar-refractivity contribution in [3.63, 3.8) is 0 Å².